The molecule has 8 nitrogen and oxygen atoms in total. The molecule has 0 aliphatic carbocycles. The number of rotatable bonds is 10. The van der Waals surface area contributed by atoms with Crippen molar-refractivity contribution in [2.75, 3.05) is 56.4 Å². The highest BCUT2D eigenvalue weighted by molar-refractivity contribution is 7.99. The minimum atomic E-state index is -0.0652. The van der Waals surface area contributed by atoms with Crippen molar-refractivity contribution in [3.05, 3.63) is 66.0 Å². The van der Waals surface area contributed by atoms with Crippen molar-refractivity contribution in [1.29, 1.82) is 0 Å². The topological polar surface area (TPSA) is 75.5 Å². The van der Waals surface area contributed by atoms with Gasteiger partial charge in [-0.3, -0.25) is 9.69 Å². The molecule has 0 saturated carbocycles. The van der Waals surface area contributed by atoms with Gasteiger partial charge >= 0.3 is 0 Å². The molecule has 1 atom stereocenters. The molecule has 0 radical (unpaired) electrons. The lowest BCUT2D eigenvalue weighted by atomic mass is 10.2. The van der Waals surface area contributed by atoms with Gasteiger partial charge in [-0.15, -0.1) is 10.2 Å². The molecule has 1 aromatic heterocycles. The number of thioether (sulfide) groups is 1. The quantitative estimate of drug-likeness (QED) is 0.428. The molecular weight excluding hydrogens is 460 g/mol. The number of anilines is 2. The molecule has 1 amide bonds. The summed E-state index contributed by atoms with van der Waals surface area (Å²) in [6.45, 7) is 6.10. The third kappa shape index (κ3) is 6.62. The van der Waals surface area contributed by atoms with Crippen LogP contribution in [0.5, 0.6) is 0 Å². The normalized spacial score (nSPS) is 14.8. The molecule has 9 heteroatoms. The summed E-state index contributed by atoms with van der Waals surface area (Å²) in [6.07, 6.45) is 0.922. The number of morpholine rings is 1. The summed E-state index contributed by atoms with van der Waals surface area (Å²) in [5, 5.41) is 12.7. The first-order valence-electron chi connectivity index (χ1n) is 12.0. The largest absolute Gasteiger partial charge is 0.378 e. The number of carbonyl (C=O) groups excluding carboxylic acids is 1. The fraction of sp³-hybridized carbons (Fsp3) is 0.423. The first-order chi connectivity index (χ1) is 17.0. The first-order valence-corrected chi connectivity index (χ1v) is 13.0. The van der Waals surface area contributed by atoms with E-state index in [9.17, 15) is 4.79 Å². The van der Waals surface area contributed by atoms with Crippen LogP contribution in [0.3, 0.4) is 0 Å². The third-order valence-electron chi connectivity index (χ3n) is 6.10. The van der Waals surface area contributed by atoms with Crippen LogP contribution in [-0.4, -0.2) is 71.7 Å². The van der Waals surface area contributed by atoms with Gasteiger partial charge in [-0.2, -0.15) is 0 Å². The number of ether oxygens (including phenoxy) is 1. The van der Waals surface area contributed by atoms with Crippen molar-refractivity contribution in [1.82, 2.24) is 19.7 Å². The van der Waals surface area contributed by atoms with E-state index in [0.717, 1.165) is 55.1 Å². The van der Waals surface area contributed by atoms with Crippen LogP contribution in [-0.2, 0) is 16.1 Å². The second-order valence-electron chi connectivity index (χ2n) is 8.78. The molecule has 3 aromatic rings. The van der Waals surface area contributed by atoms with Gasteiger partial charge in [0, 0.05) is 24.5 Å². The van der Waals surface area contributed by atoms with E-state index in [-0.39, 0.29) is 17.7 Å². The first kappa shape index (κ1) is 25.2. The maximum atomic E-state index is 12.7. The van der Waals surface area contributed by atoms with Gasteiger partial charge in [-0.05, 0) is 50.3 Å². The number of hydrogen-bond donors (Lipinski definition) is 1. The Morgan fingerprint density at radius 1 is 1.09 bits per heavy atom. The summed E-state index contributed by atoms with van der Waals surface area (Å²) >= 11 is 1.42. The number of hydrogen-bond acceptors (Lipinski definition) is 7. The van der Waals surface area contributed by atoms with Crippen molar-refractivity contribution < 1.29 is 9.53 Å². The smallest absolute Gasteiger partial charge is 0.234 e. The average Bonchev–Trinajstić information content (AvgIpc) is 3.26. The second kappa shape index (κ2) is 12.2. The Balaban J connectivity index is 1.41. The Kier molecular flexibility index (Phi) is 8.79. The molecule has 1 fully saturated rings. The number of carbonyl (C=O) groups is 1. The van der Waals surface area contributed by atoms with Gasteiger partial charge in [0.05, 0.1) is 31.6 Å². The van der Waals surface area contributed by atoms with Crippen molar-refractivity contribution >= 4 is 29.0 Å². The second-order valence-corrected chi connectivity index (χ2v) is 9.73. The van der Waals surface area contributed by atoms with Crippen molar-refractivity contribution in [3.8, 4) is 0 Å². The summed E-state index contributed by atoms with van der Waals surface area (Å²) in [6, 6.07) is 18.4. The number of nitrogens with one attached hydrogen (secondary N) is 1. The number of amides is 1. The Bertz CT molecular complexity index is 1080. The zero-order valence-electron chi connectivity index (χ0n) is 20.7. The van der Waals surface area contributed by atoms with Crippen molar-refractivity contribution in [2.45, 2.75) is 31.1 Å². The number of benzene rings is 2. The van der Waals surface area contributed by atoms with Gasteiger partial charge in [0.15, 0.2) is 11.0 Å². The molecule has 186 valence electrons. The predicted octanol–water partition coefficient (Wildman–Crippen LogP) is 3.91. The van der Waals surface area contributed by atoms with E-state index in [1.807, 2.05) is 42.5 Å². The molecule has 1 N–H and O–H groups in total. The Morgan fingerprint density at radius 2 is 1.80 bits per heavy atom. The highest BCUT2D eigenvalue weighted by Gasteiger charge is 2.22. The van der Waals surface area contributed by atoms with Crippen LogP contribution in [0.1, 0.15) is 30.8 Å². The van der Waals surface area contributed by atoms with Crippen LogP contribution in [0.2, 0.25) is 0 Å². The van der Waals surface area contributed by atoms with Crippen molar-refractivity contribution in [3.63, 3.8) is 0 Å². The van der Waals surface area contributed by atoms with Gasteiger partial charge in [0.2, 0.25) is 5.91 Å². The lowest BCUT2D eigenvalue weighted by Gasteiger charge is -2.28. The van der Waals surface area contributed by atoms with E-state index in [4.69, 9.17) is 4.74 Å². The molecule has 35 heavy (non-hydrogen) atoms. The summed E-state index contributed by atoms with van der Waals surface area (Å²) in [5.74, 6) is 1.12. The average molecular weight is 495 g/mol. The van der Waals surface area contributed by atoms with Crippen LogP contribution < -0.4 is 10.2 Å². The number of aromatic nitrogens is 3. The van der Waals surface area contributed by atoms with Crippen LogP contribution in [0.25, 0.3) is 0 Å². The van der Waals surface area contributed by atoms with Crippen LogP contribution in [0.15, 0.2) is 59.8 Å². The SMILES string of the molecule is CC[C@@H](c1nnc(SCC(=O)Nc2ccc(N3CCOCC3)cc2)n1Cc1ccccc1)N(C)C. The molecule has 1 aliphatic rings. The Morgan fingerprint density at radius 3 is 2.46 bits per heavy atom. The number of nitrogens with zero attached hydrogens (tertiary/aromatic N) is 5. The molecule has 1 saturated heterocycles. The van der Waals surface area contributed by atoms with Crippen molar-refractivity contribution in [2.24, 2.45) is 0 Å². The zero-order chi connectivity index (χ0) is 24.6. The fourth-order valence-corrected chi connectivity index (χ4v) is 5.00. The molecule has 4 rings (SSSR count). The van der Waals surface area contributed by atoms with E-state index < -0.39 is 0 Å². The maximum Gasteiger partial charge on any atom is 0.234 e. The molecule has 0 spiro atoms. The summed E-state index contributed by atoms with van der Waals surface area (Å²) in [5.41, 5.74) is 3.11. The highest BCUT2D eigenvalue weighted by Crippen LogP contribution is 2.26. The van der Waals surface area contributed by atoms with E-state index in [0.29, 0.717) is 6.54 Å². The fourth-order valence-electron chi connectivity index (χ4n) is 4.25. The van der Waals surface area contributed by atoms with Gasteiger partial charge < -0.3 is 19.5 Å². The molecule has 1 aliphatic heterocycles. The van der Waals surface area contributed by atoms with Gasteiger partial charge in [0.25, 0.3) is 0 Å². The third-order valence-corrected chi connectivity index (χ3v) is 7.06. The van der Waals surface area contributed by atoms with Gasteiger partial charge in [-0.1, -0.05) is 49.0 Å². The van der Waals surface area contributed by atoms with Gasteiger partial charge in [0.1, 0.15) is 0 Å². The molecule has 0 bridgehead atoms. The minimum absolute atomic E-state index is 0.0652. The van der Waals surface area contributed by atoms with Crippen LogP contribution >= 0.6 is 11.8 Å². The van der Waals surface area contributed by atoms with E-state index in [1.165, 1.54) is 17.3 Å². The highest BCUT2D eigenvalue weighted by atomic mass is 32.2. The Hall–Kier alpha value is -2.88. The monoisotopic (exact) mass is 494 g/mol. The summed E-state index contributed by atoms with van der Waals surface area (Å²) in [4.78, 5) is 17.2. The van der Waals surface area contributed by atoms with E-state index >= 15 is 0 Å². The molecule has 2 heterocycles. The minimum Gasteiger partial charge on any atom is -0.378 e. The lowest BCUT2D eigenvalue weighted by Crippen LogP contribution is -2.36. The van der Waals surface area contributed by atoms with Crippen LogP contribution in [0, 0.1) is 0 Å². The summed E-state index contributed by atoms with van der Waals surface area (Å²) < 4.78 is 7.56. The van der Waals surface area contributed by atoms with Gasteiger partial charge in [-0.25, -0.2) is 0 Å². The van der Waals surface area contributed by atoms with Crippen LogP contribution in [0.4, 0.5) is 11.4 Å². The molecule has 2 aromatic carbocycles. The van der Waals surface area contributed by atoms with E-state index in [1.54, 1.807) is 0 Å². The predicted molar refractivity (Wildman–Crippen MR) is 141 cm³/mol. The standard InChI is InChI=1S/C26H34N6O2S/c1-4-23(30(2)3)25-28-29-26(32(25)18-20-8-6-5-7-9-20)35-19-24(33)27-21-10-12-22(13-11-21)31-14-16-34-17-15-31/h5-13,23H,4,14-19H2,1-3H3,(H,27,33)/t23-/m0/s1. The molecule has 0 unspecified atom stereocenters. The maximum absolute atomic E-state index is 12.7. The summed E-state index contributed by atoms with van der Waals surface area (Å²) in [7, 11) is 4.11. The lowest BCUT2D eigenvalue weighted by molar-refractivity contribution is -0.113. The zero-order valence-corrected chi connectivity index (χ0v) is 21.5. The Labute approximate surface area is 211 Å². The van der Waals surface area contributed by atoms with E-state index in [2.05, 4.69) is 63.0 Å². The molecular formula is C26H34N6O2S.